The van der Waals surface area contributed by atoms with Crippen molar-refractivity contribution < 1.29 is 53.2 Å². The smallest absolute Gasteiger partial charge is 0.330 e. The van der Waals surface area contributed by atoms with Crippen LogP contribution in [0.25, 0.3) is 17.2 Å². The third-order valence-corrected chi connectivity index (χ3v) is 32.8. The Labute approximate surface area is 861 Å². The van der Waals surface area contributed by atoms with Crippen LogP contribution < -0.4 is 16.4 Å². The predicted octanol–water partition coefficient (Wildman–Crippen LogP) is 32.7. The molecule has 26 heteroatoms. The van der Waals surface area contributed by atoms with Crippen molar-refractivity contribution >= 4 is 233 Å². The number of nitrogens with two attached hydrogens (primary N) is 1. The Bertz CT molecular complexity index is 5520. The first-order valence-electron chi connectivity index (χ1n) is 43.5. The van der Waals surface area contributed by atoms with Crippen molar-refractivity contribution in [3.8, 4) is 16.9 Å². The number of carbonyl (C=O) groups excluding carboxylic acids is 6. The Balaban J connectivity index is 0.000000318. The molecule has 0 aliphatic heterocycles. The molecule has 0 atom stereocenters. The number of aldehydes is 1. The molecule has 0 spiro atoms. The van der Waals surface area contributed by atoms with Crippen molar-refractivity contribution in [3.05, 3.63) is 283 Å². The molecule has 0 radical (unpaired) electrons. The van der Waals surface area contributed by atoms with E-state index >= 15 is 0 Å². The quantitative estimate of drug-likeness (QED) is 0.0113. The number of carboxylic acid groups (broad SMARTS) is 1. The number of aromatic hydroxyl groups is 1. The van der Waals surface area contributed by atoms with Crippen molar-refractivity contribution in [2.24, 2.45) is 0 Å². The van der Waals surface area contributed by atoms with Gasteiger partial charge in [0.15, 0.2) is 12.1 Å². The Morgan fingerprint density at radius 1 is 0.402 bits per heavy atom. The molecule has 12 aromatic rings. The summed E-state index contributed by atoms with van der Waals surface area (Å²) < 4.78 is 14.3. The molecular weight excluding hydrogens is 2160 g/mol. The molecule has 2 amide bonds. The van der Waals surface area contributed by atoms with Crippen LogP contribution >= 0.6 is 168 Å². The van der Waals surface area contributed by atoms with Crippen LogP contribution in [-0.2, 0) is 97.0 Å². The minimum atomic E-state index is -0.726. The lowest BCUT2D eigenvalue weighted by Crippen LogP contribution is -2.12. The van der Waals surface area contributed by atoms with Crippen LogP contribution in [0.2, 0.25) is 0 Å². The number of thiophene rings is 8. The zero-order valence-corrected chi connectivity index (χ0v) is 94.7. The number of phenolic OH excluding ortho intramolecular Hbond substituents is 1. The molecule has 4 aromatic carbocycles. The van der Waals surface area contributed by atoms with Crippen LogP contribution in [0.3, 0.4) is 0 Å². The Morgan fingerprint density at radius 2 is 0.750 bits per heavy atom. The molecule has 6 N–H and O–H groups in total. The van der Waals surface area contributed by atoms with Gasteiger partial charge in [0, 0.05) is 102 Å². The highest BCUT2D eigenvalue weighted by atomic mass is 127. The molecule has 0 aliphatic carbocycles. The van der Waals surface area contributed by atoms with Gasteiger partial charge in [0.1, 0.15) is 5.75 Å². The van der Waals surface area contributed by atoms with Crippen molar-refractivity contribution in [1.82, 2.24) is 0 Å². The second-order valence-corrected chi connectivity index (χ2v) is 52.0. The number of anilines is 3. The molecule has 0 saturated heterocycles. The number of nitrogen functional groups attached to an aromatic ring is 1. The number of nitrogens with one attached hydrogen (secondary N) is 2. The van der Waals surface area contributed by atoms with Crippen LogP contribution in [0, 0.1) is 7.14 Å². The number of amides is 2. The molecule has 0 unspecified atom stereocenters. The Morgan fingerprint density at radius 3 is 1.07 bits per heavy atom. The van der Waals surface area contributed by atoms with Crippen LogP contribution in [0.1, 0.15) is 270 Å². The average Bonchev–Trinajstić information content (AvgIpc) is 1.84. The molecule has 132 heavy (non-hydrogen) atoms. The second-order valence-electron chi connectivity index (χ2n) is 37.7. The minimum Gasteiger partial charge on any atom is -0.508 e. The van der Waals surface area contributed by atoms with Gasteiger partial charge in [-0.3, -0.25) is 28.8 Å². The van der Waals surface area contributed by atoms with E-state index in [1.165, 1.54) is 77.1 Å². The number of Topliss-reactive ketones (excluding diaryl/α,β-unsaturated/α-hetero) is 1. The number of aliphatic carboxylic acids is 1. The first-order valence-corrected chi connectivity index (χ1v) is 53.7. The number of rotatable bonds is 21. The summed E-state index contributed by atoms with van der Waals surface area (Å²) in [5.74, 6) is -0.649. The zero-order chi connectivity index (χ0) is 99.1. The first kappa shape index (κ1) is 117. The Hall–Kier alpha value is -7.07. The molecule has 0 bridgehead atoms. The summed E-state index contributed by atoms with van der Waals surface area (Å²) in [7, 11) is 0. The molecule has 12 rings (SSSR count). The van der Waals surface area contributed by atoms with Gasteiger partial charge in [0.25, 0.3) is 0 Å². The highest BCUT2D eigenvalue weighted by Crippen LogP contribution is 2.37. The SMILES string of the molecule is CC(=O)c1ccc(Br)s1.CC(C)(C)c1ccc(Br)s1.CC(C)(C)c1ccc(C=O)s1.CC(C)(C)c1ccc(CCC(=O)Nc2ccc(-c3cccc(O)c3)cc2)s1.CC(C)(C)c1ccc(CCC(=O)Nc2ccc(I)cc2)s1.CC(C)(C)c1ccc(CCC(=O)O)s1.CCOC(=O)/C=C/c1ccc(C(C)(C)C)s1.CCOC(=O)CCc1ccc(C(C)(C)C)s1.Nc1ccc(I)cc1. The number of aryl methyl sites for hydroxylation is 4. The van der Waals surface area contributed by atoms with Gasteiger partial charge in [-0.25, -0.2) is 4.79 Å². The van der Waals surface area contributed by atoms with Gasteiger partial charge in [-0.05, 0) is 348 Å². The largest absolute Gasteiger partial charge is 0.508 e. The van der Waals surface area contributed by atoms with E-state index in [2.05, 4.69) is 294 Å². The summed E-state index contributed by atoms with van der Waals surface area (Å²) >= 11 is 24.9. The summed E-state index contributed by atoms with van der Waals surface area (Å²) in [5.41, 5.74) is 11.2. The summed E-state index contributed by atoms with van der Waals surface area (Å²) in [6.07, 6.45) is 8.89. The van der Waals surface area contributed by atoms with E-state index in [1.54, 1.807) is 88.7 Å². The zero-order valence-electron chi connectivity index (χ0n) is 80.7. The molecule has 0 saturated carbocycles. The molecule has 14 nitrogen and oxygen atoms in total. The Kier molecular flexibility index (Phi) is 50.3. The van der Waals surface area contributed by atoms with Crippen LogP contribution in [0.4, 0.5) is 17.1 Å². The van der Waals surface area contributed by atoms with Crippen LogP contribution in [-0.4, -0.2) is 65.2 Å². The molecule has 0 fully saturated rings. The van der Waals surface area contributed by atoms with E-state index in [0.717, 1.165) is 77.0 Å². The maximum Gasteiger partial charge on any atom is 0.330 e. The van der Waals surface area contributed by atoms with Gasteiger partial charge in [-0.15, -0.1) is 90.7 Å². The number of ether oxygens (including phenoxy) is 2. The van der Waals surface area contributed by atoms with E-state index < -0.39 is 5.97 Å². The average molecular weight is 2300 g/mol. The monoisotopic (exact) mass is 2290 g/mol. The van der Waals surface area contributed by atoms with Crippen molar-refractivity contribution in [2.75, 3.05) is 29.6 Å². The molecule has 714 valence electrons. The number of ketones is 1. The van der Waals surface area contributed by atoms with Gasteiger partial charge in [-0.2, -0.15) is 0 Å². The van der Waals surface area contributed by atoms with E-state index in [9.17, 15) is 38.7 Å². The van der Waals surface area contributed by atoms with Gasteiger partial charge in [0.2, 0.25) is 11.8 Å². The molecule has 8 heterocycles. The van der Waals surface area contributed by atoms with Crippen molar-refractivity contribution in [3.63, 3.8) is 0 Å². The summed E-state index contributed by atoms with van der Waals surface area (Å²) in [5, 5.41) is 24.0. The number of hydrogen-bond donors (Lipinski definition) is 5. The number of carbonyl (C=O) groups is 7. The molecular formula is C106H133Br2I2N3O11S8. The van der Waals surface area contributed by atoms with E-state index in [0.29, 0.717) is 44.3 Å². The number of benzene rings is 4. The fourth-order valence-electron chi connectivity index (χ4n) is 10.9. The first-order chi connectivity index (χ1) is 61.4. The van der Waals surface area contributed by atoms with Gasteiger partial charge < -0.3 is 36.1 Å². The summed E-state index contributed by atoms with van der Waals surface area (Å²) in [4.78, 5) is 95.0. The maximum absolute atomic E-state index is 12.2. The van der Waals surface area contributed by atoms with Gasteiger partial charge >= 0.3 is 17.9 Å². The topological polar surface area (TPSA) is 228 Å². The second kappa shape index (κ2) is 56.6. The number of carboxylic acids is 1. The predicted molar refractivity (Wildman–Crippen MR) is 593 cm³/mol. The van der Waals surface area contributed by atoms with E-state index in [4.69, 9.17) is 20.3 Å². The summed E-state index contributed by atoms with van der Waals surface area (Å²) in [6, 6.07) is 63.4. The fraction of sp³-hybridized carbons (Fsp3) is 0.387. The van der Waals surface area contributed by atoms with Gasteiger partial charge in [-0.1, -0.05) is 170 Å². The lowest BCUT2D eigenvalue weighted by atomic mass is 9.95. The van der Waals surface area contributed by atoms with Crippen LogP contribution in [0.5, 0.6) is 5.75 Å². The number of hydrogen-bond acceptors (Lipinski definition) is 19. The molecule has 0 aliphatic rings. The summed E-state index contributed by atoms with van der Waals surface area (Å²) in [6.45, 7) is 52.1. The van der Waals surface area contributed by atoms with Crippen molar-refractivity contribution in [2.45, 2.75) is 255 Å². The lowest BCUT2D eigenvalue weighted by molar-refractivity contribution is -0.143. The molecule has 8 aromatic heterocycles. The number of halogens is 4. The highest BCUT2D eigenvalue weighted by Gasteiger charge is 2.23. The highest BCUT2D eigenvalue weighted by molar-refractivity contribution is 14.1. The van der Waals surface area contributed by atoms with Crippen molar-refractivity contribution in [1.29, 1.82) is 0 Å². The normalized spacial score (nSPS) is 11.3. The minimum absolute atomic E-state index is 0.0193. The fourth-order valence-corrected chi connectivity index (χ4v) is 20.5. The lowest BCUT2D eigenvalue weighted by Gasteiger charge is -2.15. The third-order valence-electron chi connectivity index (χ3n) is 18.4. The number of phenols is 1. The van der Waals surface area contributed by atoms with E-state index in [-0.39, 0.29) is 74.2 Å². The van der Waals surface area contributed by atoms with Crippen LogP contribution in [0.15, 0.2) is 208 Å². The van der Waals surface area contributed by atoms with E-state index in [1.807, 2.05) is 151 Å². The third kappa shape index (κ3) is 47.6. The standard InChI is InChI=1S/C23H25NO2S.C17H20INOS.C13H20O2S.C13H18O2S.C11H16O2S.C9H12OS.C8H11BrS.C6H5BrOS.C6H6IN/c1-23(2,3)21-13-11-20(27-21)12-14-22(26)24-18-9-7-16(8-10-18)17-5-4-6-19(25)15-17;1-17(2,3)15-10-8-14(21-15)9-11-16(20)19-13-6-4-12(18)5-7-13;2*1-5-15-12(14)9-7-10-6-8-11(16-10)13(2,3)4;1-11(2,3)9-6-4-8(14-9)5-7-10(12)13;1-9(2,3)8-5-4-7(6-10)11-8;1-8(2,3)6-4-5-7(9)10-6;1-4(8)5-2-3-6(7)9-5;7-5-1-3-6(8)4-2-5/h4-11,13,15,25H,12,14H2,1-3H3,(H,24,26);4-8,10H,9,11H2,1-3H3,(H,19,20);6,8H,5,7,9H2,1-4H3;6-9H,5H2,1-4H3;4,6H,5,7H2,1-3H3,(H,12,13);4-6H,1-3H3;4-5H,1-3H3;2-3H,1H3;1-4H,8H2/b;;;9-7+;;;;;. The van der Waals surface area contributed by atoms with Gasteiger partial charge in [0.05, 0.1) is 43.4 Å². The maximum atomic E-state index is 12.2. The number of esters is 2.